The molecule has 2 heterocycles. The smallest absolute Gasteiger partial charge is 0.239 e. The lowest BCUT2D eigenvalue weighted by Crippen LogP contribution is -2.48. The van der Waals surface area contributed by atoms with Crippen molar-refractivity contribution in [1.29, 1.82) is 0 Å². The molecular formula is C13H21BrCl2N4O. The van der Waals surface area contributed by atoms with Crippen molar-refractivity contribution in [3.05, 3.63) is 22.8 Å². The Morgan fingerprint density at radius 2 is 2.24 bits per heavy atom. The van der Waals surface area contributed by atoms with Crippen LogP contribution in [0.25, 0.3) is 0 Å². The number of pyridine rings is 1. The molecule has 0 aliphatic carbocycles. The minimum atomic E-state index is -0.0301. The molecular weight excluding hydrogens is 379 g/mol. The number of nitrogens with two attached hydrogens (primary N) is 1. The third-order valence-corrected chi connectivity index (χ3v) is 3.89. The molecule has 0 saturated carbocycles. The maximum Gasteiger partial charge on any atom is 0.239 e. The van der Waals surface area contributed by atoms with E-state index in [1.807, 2.05) is 6.07 Å². The number of rotatable bonds is 3. The van der Waals surface area contributed by atoms with Crippen LogP contribution >= 0.6 is 40.7 Å². The highest BCUT2D eigenvalue weighted by molar-refractivity contribution is 9.10. The highest BCUT2D eigenvalue weighted by Gasteiger charge is 2.24. The number of aromatic nitrogens is 1. The molecule has 3 N–H and O–H groups in total. The third-order valence-electron chi connectivity index (χ3n) is 3.42. The van der Waals surface area contributed by atoms with Crippen LogP contribution in [-0.4, -0.2) is 41.5 Å². The van der Waals surface area contributed by atoms with E-state index in [0.29, 0.717) is 18.3 Å². The second kappa shape index (κ2) is 9.58. The maximum absolute atomic E-state index is 11.9. The SMILES string of the molecule is CC1CN(CC(=O)Nc2ccc(Br)cn2)CCC1N.Cl.Cl. The summed E-state index contributed by atoms with van der Waals surface area (Å²) in [6.45, 7) is 4.29. The van der Waals surface area contributed by atoms with Gasteiger partial charge in [-0.05, 0) is 40.4 Å². The molecule has 21 heavy (non-hydrogen) atoms. The summed E-state index contributed by atoms with van der Waals surface area (Å²) in [6.07, 6.45) is 2.61. The number of halogens is 3. The van der Waals surface area contributed by atoms with Crippen LogP contribution in [0.3, 0.4) is 0 Å². The topological polar surface area (TPSA) is 71.2 Å². The van der Waals surface area contributed by atoms with Crippen molar-refractivity contribution in [1.82, 2.24) is 9.88 Å². The monoisotopic (exact) mass is 398 g/mol. The van der Waals surface area contributed by atoms with Gasteiger partial charge in [0.15, 0.2) is 0 Å². The maximum atomic E-state index is 11.9. The molecule has 1 aromatic heterocycles. The van der Waals surface area contributed by atoms with Gasteiger partial charge in [0.25, 0.3) is 0 Å². The summed E-state index contributed by atoms with van der Waals surface area (Å²) in [5, 5.41) is 2.80. The first-order valence-electron chi connectivity index (χ1n) is 6.44. The third kappa shape index (κ3) is 6.48. The number of likely N-dealkylation sites (tertiary alicyclic amines) is 1. The van der Waals surface area contributed by atoms with E-state index in [-0.39, 0.29) is 36.8 Å². The summed E-state index contributed by atoms with van der Waals surface area (Å²) in [5.41, 5.74) is 5.97. The van der Waals surface area contributed by atoms with Crippen molar-refractivity contribution in [3.8, 4) is 0 Å². The molecule has 2 rings (SSSR count). The fourth-order valence-electron chi connectivity index (χ4n) is 2.23. The zero-order chi connectivity index (χ0) is 13.8. The minimum Gasteiger partial charge on any atom is -0.327 e. The van der Waals surface area contributed by atoms with E-state index in [2.05, 4.69) is 38.1 Å². The van der Waals surface area contributed by atoms with Gasteiger partial charge in [0.2, 0.25) is 5.91 Å². The first-order chi connectivity index (χ1) is 9.04. The minimum absolute atomic E-state index is 0. The summed E-state index contributed by atoms with van der Waals surface area (Å²) >= 11 is 3.31. The Bertz CT molecular complexity index is 446. The Labute approximate surface area is 146 Å². The number of nitrogens with one attached hydrogen (secondary N) is 1. The Morgan fingerprint density at radius 1 is 1.52 bits per heavy atom. The van der Waals surface area contributed by atoms with Gasteiger partial charge in [0.1, 0.15) is 5.82 Å². The van der Waals surface area contributed by atoms with Crippen molar-refractivity contribution < 1.29 is 4.79 Å². The zero-order valence-corrected chi connectivity index (χ0v) is 15.0. The van der Waals surface area contributed by atoms with E-state index in [1.54, 1.807) is 12.3 Å². The van der Waals surface area contributed by atoms with Crippen LogP contribution in [0.1, 0.15) is 13.3 Å². The molecule has 1 aliphatic rings. The van der Waals surface area contributed by atoms with Crippen LogP contribution < -0.4 is 11.1 Å². The van der Waals surface area contributed by atoms with Gasteiger partial charge in [-0.2, -0.15) is 0 Å². The van der Waals surface area contributed by atoms with Crippen molar-refractivity contribution in [3.63, 3.8) is 0 Å². The summed E-state index contributed by atoms with van der Waals surface area (Å²) < 4.78 is 0.893. The van der Waals surface area contributed by atoms with Crippen LogP contribution in [0.5, 0.6) is 0 Å². The molecule has 0 bridgehead atoms. The van der Waals surface area contributed by atoms with Crippen LogP contribution in [0, 0.1) is 5.92 Å². The lowest BCUT2D eigenvalue weighted by atomic mass is 9.95. The first kappa shape index (κ1) is 20.6. The number of nitrogens with zero attached hydrogens (tertiary/aromatic N) is 2. The summed E-state index contributed by atoms with van der Waals surface area (Å²) in [4.78, 5) is 18.2. The molecule has 2 unspecified atom stereocenters. The van der Waals surface area contributed by atoms with Gasteiger partial charge in [-0.15, -0.1) is 24.8 Å². The second-order valence-corrected chi connectivity index (χ2v) is 5.99. The molecule has 2 atom stereocenters. The average Bonchev–Trinajstić information content (AvgIpc) is 2.37. The normalized spacial score (nSPS) is 21.9. The number of hydrogen-bond acceptors (Lipinski definition) is 4. The molecule has 0 radical (unpaired) electrons. The van der Waals surface area contributed by atoms with Crippen molar-refractivity contribution >= 4 is 52.5 Å². The van der Waals surface area contributed by atoms with E-state index in [4.69, 9.17) is 5.73 Å². The molecule has 1 amide bonds. The van der Waals surface area contributed by atoms with Crippen LogP contribution in [-0.2, 0) is 4.79 Å². The van der Waals surface area contributed by atoms with Gasteiger partial charge in [-0.3, -0.25) is 9.69 Å². The van der Waals surface area contributed by atoms with Gasteiger partial charge in [0.05, 0.1) is 6.54 Å². The van der Waals surface area contributed by atoms with Crippen LogP contribution in [0.15, 0.2) is 22.8 Å². The van der Waals surface area contributed by atoms with Gasteiger partial charge in [-0.1, -0.05) is 6.92 Å². The molecule has 0 aromatic carbocycles. The quantitative estimate of drug-likeness (QED) is 0.817. The Balaban J connectivity index is 0.00000200. The molecule has 0 spiro atoms. The number of amides is 1. The number of piperidine rings is 1. The van der Waals surface area contributed by atoms with Gasteiger partial charge >= 0.3 is 0 Å². The number of anilines is 1. The molecule has 1 aliphatic heterocycles. The predicted molar refractivity (Wildman–Crippen MR) is 93.3 cm³/mol. The lowest BCUT2D eigenvalue weighted by molar-refractivity contribution is -0.117. The molecule has 120 valence electrons. The largest absolute Gasteiger partial charge is 0.327 e. The van der Waals surface area contributed by atoms with Crippen molar-refractivity contribution in [2.75, 3.05) is 25.0 Å². The predicted octanol–water partition coefficient (Wildman–Crippen LogP) is 2.30. The highest BCUT2D eigenvalue weighted by Crippen LogP contribution is 2.15. The van der Waals surface area contributed by atoms with E-state index < -0.39 is 0 Å². The first-order valence-corrected chi connectivity index (χ1v) is 7.23. The number of carbonyl (C=O) groups excluding carboxylic acids is 1. The number of carbonyl (C=O) groups is 1. The highest BCUT2D eigenvalue weighted by atomic mass is 79.9. The molecule has 8 heteroatoms. The summed E-state index contributed by atoms with van der Waals surface area (Å²) in [5.74, 6) is 0.986. The molecule has 5 nitrogen and oxygen atoms in total. The second-order valence-electron chi connectivity index (χ2n) is 5.07. The van der Waals surface area contributed by atoms with Gasteiger partial charge in [0, 0.05) is 29.8 Å². The van der Waals surface area contributed by atoms with Crippen molar-refractivity contribution in [2.45, 2.75) is 19.4 Å². The van der Waals surface area contributed by atoms with E-state index in [1.165, 1.54) is 0 Å². The van der Waals surface area contributed by atoms with Crippen molar-refractivity contribution in [2.24, 2.45) is 11.7 Å². The lowest BCUT2D eigenvalue weighted by Gasteiger charge is -2.34. The molecule has 1 saturated heterocycles. The average molecular weight is 400 g/mol. The Hall–Kier alpha value is -0.400. The molecule has 1 fully saturated rings. The number of hydrogen-bond donors (Lipinski definition) is 2. The zero-order valence-electron chi connectivity index (χ0n) is 11.8. The van der Waals surface area contributed by atoms with Crippen LogP contribution in [0.2, 0.25) is 0 Å². The molecule has 1 aromatic rings. The van der Waals surface area contributed by atoms with E-state index in [0.717, 1.165) is 24.0 Å². The summed E-state index contributed by atoms with van der Waals surface area (Å²) in [6, 6.07) is 3.88. The summed E-state index contributed by atoms with van der Waals surface area (Å²) in [7, 11) is 0. The fourth-order valence-corrected chi connectivity index (χ4v) is 2.46. The van der Waals surface area contributed by atoms with E-state index in [9.17, 15) is 4.79 Å². The van der Waals surface area contributed by atoms with E-state index >= 15 is 0 Å². The fraction of sp³-hybridized carbons (Fsp3) is 0.538. The van der Waals surface area contributed by atoms with Crippen LogP contribution in [0.4, 0.5) is 5.82 Å². The standard InChI is InChI=1S/C13H19BrN4O.2ClH/c1-9-7-18(5-4-11(9)15)8-13(19)17-12-3-2-10(14)6-16-12;;/h2-3,6,9,11H,4-5,7-8,15H2,1H3,(H,16,17,19);2*1H. The van der Waals surface area contributed by atoms with Gasteiger partial charge in [-0.25, -0.2) is 4.98 Å². The van der Waals surface area contributed by atoms with Gasteiger partial charge < -0.3 is 11.1 Å². The Kier molecular flexibility index (Phi) is 9.40. The Morgan fingerprint density at radius 3 is 2.81 bits per heavy atom.